The minimum atomic E-state index is 0.206. The molecule has 0 aliphatic carbocycles. The molecule has 1 aliphatic rings. The predicted molar refractivity (Wildman–Crippen MR) is 66.1 cm³/mol. The first-order valence-corrected chi connectivity index (χ1v) is 6.39. The number of hydrogen-bond acceptors (Lipinski definition) is 6. The first kappa shape index (κ1) is 12.1. The molecule has 1 fully saturated rings. The average molecular weight is 261 g/mol. The van der Waals surface area contributed by atoms with Gasteiger partial charge in [0.25, 0.3) is 5.89 Å². The van der Waals surface area contributed by atoms with Crippen LogP contribution in [0.25, 0.3) is 11.7 Å². The lowest BCUT2D eigenvalue weighted by atomic mass is 9.99. The van der Waals surface area contributed by atoms with E-state index >= 15 is 0 Å². The zero-order valence-corrected chi connectivity index (χ0v) is 10.5. The lowest BCUT2D eigenvalue weighted by molar-refractivity contribution is -0.112. The summed E-state index contributed by atoms with van der Waals surface area (Å²) in [4.78, 5) is 12.9. The molecule has 0 N–H and O–H groups in total. The number of rotatable bonds is 4. The van der Waals surface area contributed by atoms with E-state index < -0.39 is 0 Å². The Hall–Kier alpha value is -1.95. The Bertz CT molecular complexity index is 527. The number of piperidine rings is 1. The number of furan rings is 1. The summed E-state index contributed by atoms with van der Waals surface area (Å²) >= 11 is 0. The summed E-state index contributed by atoms with van der Waals surface area (Å²) in [5, 5.41) is 7.98. The van der Waals surface area contributed by atoms with Crippen molar-refractivity contribution in [2.45, 2.75) is 19.4 Å². The van der Waals surface area contributed by atoms with E-state index in [2.05, 4.69) is 15.1 Å². The van der Waals surface area contributed by atoms with E-state index in [0.29, 0.717) is 24.1 Å². The first-order chi connectivity index (χ1) is 9.35. The Balaban J connectivity index is 1.60. The van der Waals surface area contributed by atoms with Crippen LogP contribution in [0.15, 0.2) is 27.2 Å². The van der Waals surface area contributed by atoms with Crippen molar-refractivity contribution >= 4 is 6.29 Å². The number of carbonyl (C=O) groups excluding carboxylic acids is 1. The largest absolute Gasteiger partial charge is 0.459 e. The van der Waals surface area contributed by atoms with Crippen molar-refractivity contribution < 1.29 is 13.6 Å². The third-order valence-electron chi connectivity index (χ3n) is 3.38. The van der Waals surface area contributed by atoms with E-state index in [4.69, 9.17) is 8.83 Å². The van der Waals surface area contributed by atoms with Gasteiger partial charge < -0.3 is 13.6 Å². The molecule has 6 heteroatoms. The minimum absolute atomic E-state index is 0.206. The molecule has 0 unspecified atom stereocenters. The van der Waals surface area contributed by atoms with Crippen molar-refractivity contribution in [3.63, 3.8) is 0 Å². The average Bonchev–Trinajstić information content (AvgIpc) is 3.10. The number of hydrogen-bond donors (Lipinski definition) is 0. The highest BCUT2D eigenvalue weighted by Crippen LogP contribution is 2.20. The van der Waals surface area contributed by atoms with Crippen LogP contribution >= 0.6 is 0 Å². The van der Waals surface area contributed by atoms with Crippen LogP contribution in [0.2, 0.25) is 0 Å². The second kappa shape index (κ2) is 5.36. The highest BCUT2D eigenvalue weighted by Gasteiger charge is 2.20. The van der Waals surface area contributed by atoms with Gasteiger partial charge in [0.15, 0.2) is 5.76 Å². The summed E-state index contributed by atoms with van der Waals surface area (Å²) in [6, 6.07) is 3.57. The van der Waals surface area contributed by atoms with Crippen LogP contribution in [0.3, 0.4) is 0 Å². The normalized spacial score (nSPS) is 17.7. The fourth-order valence-corrected chi connectivity index (χ4v) is 2.26. The van der Waals surface area contributed by atoms with Gasteiger partial charge in [-0.15, -0.1) is 10.2 Å². The van der Waals surface area contributed by atoms with E-state index in [1.54, 1.807) is 18.4 Å². The van der Waals surface area contributed by atoms with Gasteiger partial charge in [0, 0.05) is 5.92 Å². The third kappa shape index (κ3) is 2.73. The maximum atomic E-state index is 10.7. The van der Waals surface area contributed by atoms with Crippen molar-refractivity contribution in [1.29, 1.82) is 0 Å². The second-order valence-corrected chi connectivity index (χ2v) is 4.73. The van der Waals surface area contributed by atoms with Gasteiger partial charge in [0.2, 0.25) is 5.89 Å². The van der Waals surface area contributed by atoms with Crippen molar-refractivity contribution in [1.82, 2.24) is 15.1 Å². The maximum Gasteiger partial charge on any atom is 0.283 e. The van der Waals surface area contributed by atoms with E-state index in [0.717, 1.165) is 32.2 Å². The molecule has 0 aromatic carbocycles. The number of nitrogens with zero attached hydrogens (tertiary/aromatic N) is 3. The molecular weight excluding hydrogens is 246 g/mol. The molecule has 0 saturated carbocycles. The van der Waals surface area contributed by atoms with Crippen LogP contribution in [-0.2, 0) is 11.3 Å². The van der Waals surface area contributed by atoms with Crippen LogP contribution in [0.1, 0.15) is 18.7 Å². The number of aromatic nitrogens is 2. The Kier molecular flexibility index (Phi) is 3.41. The van der Waals surface area contributed by atoms with Crippen molar-refractivity contribution in [3.05, 3.63) is 24.3 Å². The van der Waals surface area contributed by atoms with Crippen LogP contribution in [0.4, 0.5) is 0 Å². The number of likely N-dealkylation sites (tertiary alicyclic amines) is 1. The number of aldehydes is 1. The van der Waals surface area contributed by atoms with E-state index in [-0.39, 0.29) is 5.92 Å². The summed E-state index contributed by atoms with van der Waals surface area (Å²) in [6.45, 7) is 2.41. The lowest BCUT2D eigenvalue weighted by Gasteiger charge is -2.28. The Morgan fingerprint density at radius 1 is 1.37 bits per heavy atom. The van der Waals surface area contributed by atoms with Crippen LogP contribution < -0.4 is 0 Å². The zero-order chi connectivity index (χ0) is 13.1. The molecular formula is C13H15N3O3. The lowest BCUT2D eigenvalue weighted by Crippen LogP contribution is -2.33. The second-order valence-electron chi connectivity index (χ2n) is 4.73. The molecule has 1 aliphatic heterocycles. The smallest absolute Gasteiger partial charge is 0.283 e. The predicted octanol–water partition coefficient (Wildman–Crippen LogP) is 1.74. The molecule has 19 heavy (non-hydrogen) atoms. The molecule has 0 bridgehead atoms. The fourth-order valence-electron chi connectivity index (χ4n) is 2.26. The molecule has 0 spiro atoms. The highest BCUT2D eigenvalue weighted by atomic mass is 16.4. The standard InChI is InChI=1S/C13H15N3O3/c17-9-10-3-5-16(6-4-10)8-12-14-15-13(19-12)11-2-1-7-18-11/h1-2,7,9-10H,3-6,8H2. The quantitative estimate of drug-likeness (QED) is 0.780. The molecule has 3 rings (SSSR count). The van der Waals surface area contributed by atoms with E-state index in [1.807, 2.05) is 0 Å². The zero-order valence-electron chi connectivity index (χ0n) is 10.5. The van der Waals surface area contributed by atoms with Gasteiger partial charge in [-0.3, -0.25) is 4.90 Å². The van der Waals surface area contributed by atoms with Gasteiger partial charge in [-0.25, -0.2) is 0 Å². The third-order valence-corrected chi connectivity index (χ3v) is 3.38. The van der Waals surface area contributed by atoms with E-state index in [9.17, 15) is 4.79 Å². The van der Waals surface area contributed by atoms with Crippen LogP contribution in [-0.4, -0.2) is 34.5 Å². The summed E-state index contributed by atoms with van der Waals surface area (Å²) in [5.74, 6) is 1.77. The summed E-state index contributed by atoms with van der Waals surface area (Å²) in [7, 11) is 0. The SMILES string of the molecule is O=CC1CCN(Cc2nnc(-c3ccco3)o2)CC1. The van der Waals surface area contributed by atoms with Crippen molar-refractivity contribution in [2.75, 3.05) is 13.1 Å². The van der Waals surface area contributed by atoms with Gasteiger partial charge in [0.05, 0.1) is 12.8 Å². The molecule has 100 valence electrons. The number of carbonyl (C=O) groups is 1. The Morgan fingerprint density at radius 2 is 2.21 bits per heavy atom. The van der Waals surface area contributed by atoms with Gasteiger partial charge in [0.1, 0.15) is 6.29 Å². The first-order valence-electron chi connectivity index (χ1n) is 6.39. The highest BCUT2D eigenvalue weighted by molar-refractivity contribution is 5.53. The molecule has 2 aromatic rings. The molecule has 1 saturated heterocycles. The summed E-state index contributed by atoms with van der Waals surface area (Å²) < 4.78 is 10.8. The molecule has 0 atom stereocenters. The Morgan fingerprint density at radius 3 is 2.89 bits per heavy atom. The topological polar surface area (TPSA) is 72.4 Å². The summed E-state index contributed by atoms with van der Waals surface area (Å²) in [5.41, 5.74) is 0. The van der Waals surface area contributed by atoms with Crippen LogP contribution in [0, 0.1) is 5.92 Å². The summed E-state index contributed by atoms with van der Waals surface area (Å²) in [6.07, 6.45) is 4.44. The molecule has 2 aromatic heterocycles. The minimum Gasteiger partial charge on any atom is -0.459 e. The fraction of sp³-hybridized carbons (Fsp3) is 0.462. The Labute approximate surface area is 110 Å². The van der Waals surface area contributed by atoms with Gasteiger partial charge in [-0.05, 0) is 38.1 Å². The molecule has 0 amide bonds. The monoisotopic (exact) mass is 261 g/mol. The molecule has 0 radical (unpaired) electrons. The van der Waals surface area contributed by atoms with Crippen LogP contribution in [0.5, 0.6) is 0 Å². The molecule has 3 heterocycles. The van der Waals surface area contributed by atoms with Crippen molar-refractivity contribution in [2.24, 2.45) is 5.92 Å². The van der Waals surface area contributed by atoms with Gasteiger partial charge in [-0.1, -0.05) is 0 Å². The molecule has 6 nitrogen and oxygen atoms in total. The van der Waals surface area contributed by atoms with E-state index in [1.165, 1.54) is 0 Å². The maximum absolute atomic E-state index is 10.7. The van der Waals surface area contributed by atoms with Gasteiger partial charge in [-0.2, -0.15) is 0 Å². The van der Waals surface area contributed by atoms with Gasteiger partial charge >= 0.3 is 0 Å². The van der Waals surface area contributed by atoms with Crippen molar-refractivity contribution in [3.8, 4) is 11.7 Å².